The molecule has 8 heteroatoms. The second kappa shape index (κ2) is 8.57. The van der Waals surface area contributed by atoms with E-state index in [2.05, 4.69) is 10.6 Å². The number of furan rings is 1. The Labute approximate surface area is 169 Å². The Morgan fingerprint density at radius 1 is 1.28 bits per heavy atom. The smallest absolute Gasteiger partial charge is 0.322 e. The van der Waals surface area contributed by atoms with Crippen molar-refractivity contribution in [3.63, 3.8) is 0 Å². The molecule has 8 nitrogen and oxygen atoms in total. The van der Waals surface area contributed by atoms with Crippen molar-refractivity contribution < 1.29 is 18.7 Å². The number of benzene rings is 1. The predicted molar refractivity (Wildman–Crippen MR) is 109 cm³/mol. The molecule has 4 amide bonds. The number of nitrogens with one attached hydrogen (secondary N) is 2. The van der Waals surface area contributed by atoms with Crippen molar-refractivity contribution in [2.24, 2.45) is 0 Å². The first kappa shape index (κ1) is 19.3. The molecule has 0 aliphatic carbocycles. The molecule has 0 radical (unpaired) electrons. The van der Waals surface area contributed by atoms with E-state index < -0.39 is 0 Å². The van der Waals surface area contributed by atoms with Crippen molar-refractivity contribution in [3.8, 4) is 0 Å². The van der Waals surface area contributed by atoms with Crippen molar-refractivity contribution in [2.45, 2.75) is 25.8 Å². The Morgan fingerprint density at radius 2 is 2.17 bits per heavy atom. The zero-order chi connectivity index (χ0) is 20.2. The highest BCUT2D eigenvalue weighted by atomic mass is 16.5. The minimum Gasteiger partial charge on any atom is -0.464 e. The third kappa shape index (κ3) is 4.22. The highest BCUT2D eigenvalue weighted by molar-refractivity contribution is 5.95. The van der Waals surface area contributed by atoms with Gasteiger partial charge >= 0.3 is 12.1 Å². The van der Waals surface area contributed by atoms with E-state index >= 15 is 0 Å². The summed E-state index contributed by atoms with van der Waals surface area (Å²) in [7, 11) is 0. The number of ether oxygens (including phenoxy) is 1. The van der Waals surface area contributed by atoms with Gasteiger partial charge in [0, 0.05) is 37.4 Å². The average Bonchev–Trinajstić information content (AvgIpc) is 3.23. The Kier molecular flexibility index (Phi) is 5.71. The summed E-state index contributed by atoms with van der Waals surface area (Å²) in [4.78, 5) is 28.5. The van der Waals surface area contributed by atoms with E-state index in [0.717, 1.165) is 30.0 Å². The van der Waals surface area contributed by atoms with Gasteiger partial charge in [0.2, 0.25) is 0 Å². The minimum atomic E-state index is -0.264. The van der Waals surface area contributed by atoms with Crippen LogP contribution in [-0.2, 0) is 11.2 Å². The molecule has 1 aromatic heterocycles. The Balaban J connectivity index is 1.49. The van der Waals surface area contributed by atoms with Gasteiger partial charge in [-0.3, -0.25) is 4.90 Å². The van der Waals surface area contributed by atoms with E-state index in [0.29, 0.717) is 38.5 Å². The van der Waals surface area contributed by atoms with Gasteiger partial charge < -0.3 is 24.7 Å². The van der Waals surface area contributed by atoms with Crippen molar-refractivity contribution in [3.05, 3.63) is 47.9 Å². The summed E-state index contributed by atoms with van der Waals surface area (Å²) >= 11 is 0. The number of anilines is 2. The van der Waals surface area contributed by atoms with Crippen molar-refractivity contribution in [2.75, 3.05) is 43.1 Å². The second-order valence-electron chi connectivity index (χ2n) is 7.16. The number of amides is 4. The van der Waals surface area contributed by atoms with Crippen LogP contribution in [0.4, 0.5) is 21.0 Å². The zero-order valence-electron chi connectivity index (χ0n) is 16.5. The SMILES string of the molecule is CCc1ccc([C@@H]2COCCN2C(=O)Nc2cccc(N3CCCNC3=O)c2)o1. The van der Waals surface area contributed by atoms with Gasteiger partial charge in [-0.1, -0.05) is 13.0 Å². The number of rotatable bonds is 4. The highest BCUT2D eigenvalue weighted by Gasteiger charge is 2.31. The zero-order valence-corrected chi connectivity index (χ0v) is 16.5. The molecule has 4 rings (SSSR count). The van der Waals surface area contributed by atoms with Crippen molar-refractivity contribution in [1.29, 1.82) is 0 Å². The molecule has 3 heterocycles. The maximum absolute atomic E-state index is 13.0. The van der Waals surface area contributed by atoms with E-state index in [-0.39, 0.29) is 18.1 Å². The summed E-state index contributed by atoms with van der Waals surface area (Å²) in [6.07, 6.45) is 1.69. The molecule has 2 saturated heterocycles. The monoisotopic (exact) mass is 398 g/mol. The first-order chi connectivity index (χ1) is 14.2. The maximum atomic E-state index is 13.0. The molecule has 0 spiro atoms. The largest absolute Gasteiger partial charge is 0.464 e. The molecule has 2 N–H and O–H groups in total. The van der Waals surface area contributed by atoms with Crippen molar-refractivity contribution >= 4 is 23.4 Å². The van der Waals surface area contributed by atoms with Gasteiger partial charge in [-0.2, -0.15) is 0 Å². The molecule has 1 atom stereocenters. The summed E-state index contributed by atoms with van der Waals surface area (Å²) in [5, 5.41) is 5.80. The molecule has 1 aromatic carbocycles. The molecular weight excluding hydrogens is 372 g/mol. The number of carbonyl (C=O) groups is 2. The number of morpholine rings is 1. The molecule has 154 valence electrons. The molecule has 2 fully saturated rings. The van der Waals surface area contributed by atoms with Crippen LogP contribution in [0.1, 0.15) is 30.9 Å². The number of hydrogen-bond donors (Lipinski definition) is 2. The average molecular weight is 398 g/mol. The third-order valence-corrected chi connectivity index (χ3v) is 5.24. The lowest BCUT2D eigenvalue weighted by molar-refractivity contribution is 0.00702. The van der Waals surface area contributed by atoms with Crippen LogP contribution in [0, 0.1) is 0 Å². The molecule has 0 saturated carbocycles. The fourth-order valence-corrected chi connectivity index (χ4v) is 3.67. The molecule has 2 aromatic rings. The second-order valence-corrected chi connectivity index (χ2v) is 7.16. The van der Waals surface area contributed by atoms with Gasteiger partial charge in [-0.05, 0) is 36.8 Å². The van der Waals surface area contributed by atoms with Crippen LogP contribution in [0.15, 0.2) is 40.8 Å². The van der Waals surface area contributed by atoms with Crippen LogP contribution in [0.3, 0.4) is 0 Å². The first-order valence-electron chi connectivity index (χ1n) is 10.0. The van der Waals surface area contributed by atoms with Crippen LogP contribution in [0.2, 0.25) is 0 Å². The normalized spacial score (nSPS) is 19.8. The standard InChI is InChI=1S/C21H26N4O4/c1-2-17-7-8-19(29-17)18-14-28-12-11-25(18)21(27)23-15-5-3-6-16(13-15)24-10-4-9-22-20(24)26/h3,5-8,13,18H,2,4,9-12,14H2,1H3,(H,22,26)(H,23,27)/t18-/m0/s1. The fraction of sp³-hybridized carbons (Fsp3) is 0.429. The van der Waals surface area contributed by atoms with Gasteiger partial charge in [0.15, 0.2) is 0 Å². The summed E-state index contributed by atoms with van der Waals surface area (Å²) in [6.45, 7) is 4.74. The van der Waals surface area contributed by atoms with E-state index in [1.54, 1.807) is 9.80 Å². The highest BCUT2D eigenvalue weighted by Crippen LogP contribution is 2.28. The van der Waals surface area contributed by atoms with Crippen LogP contribution in [-0.4, -0.2) is 49.8 Å². The molecule has 2 aliphatic heterocycles. The first-order valence-corrected chi connectivity index (χ1v) is 10.0. The molecule has 2 aliphatic rings. The van der Waals surface area contributed by atoms with Gasteiger partial charge in [0.25, 0.3) is 0 Å². The van der Waals surface area contributed by atoms with Gasteiger partial charge in [0.05, 0.1) is 13.2 Å². The Bertz CT molecular complexity index is 881. The van der Waals surface area contributed by atoms with Crippen LogP contribution >= 0.6 is 0 Å². The van der Waals surface area contributed by atoms with Crippen LogP contribution in [0.25, 0.3) is 0 Å². The number of hydrogen-bond acceptors (Lipinski definition) is 4. The van der Waals surface area contributed by atoms with Gasteiger partial charge in [-0.15, -0.1) is 0 Å². The lowest BCUT2D eigenvalue weighted by atomic mass is 10.2. The lowest BCUT2D eigenvalue weighted by Gasteiger charge is -2.34. The van der Waals surface area contributed by atoms with E-state index in [9.17, 15) is 9.59 Å². The van der Waals surface area contributed by atoms with Crippen LogP contribution in [0.5, 0.6) is 0 Å². The summed E-state index contributed by atoms with van der Waals surface area (Å²) in [5.74, 6) is 1.62. The van der Waals surface area contributed by atoms with Gasteiger partial charge in [0.1, 0.15) is 17.6 Å². The topological polar surface area (TPSA) is 87.0 Å². The van der Waals surface area contributed by atoms with Crippen LogP contribution < -0.4 is 15.5 Å². The fourth-order valence-electron chi connectivity index (χ4n) is 3.67. The maximum Gasteiger partial charge on any atom is 0.322 e. The van der Waals surface area contributed by atoms with Crippen molar-refractivity contribution in [1.82, 2.24) is 10.2 Å². The summed E-state index contributed by atoms with van der Waals surface area (Å²) in [5.41, 5.74) is 1.40. The Morgan fingerprint density at radius 3 is 2.97 bits per heavy atom. The third-order valence-electron chi connectivity index (χ3n) is 5.24. The molecule has 0 bridgehead atoms. The number of urea groups is 2. The number of nitrogens with zero attached hydrogens (tertiary/aromatic N) is 2. The summed E-state index contributed by atoms with van der Waals surface area (Å²) < 4.78 is 11.4. The number of aryl methyl sites for hydroxylation is 1. The quantitative estimate of drug-likeness (QED) is 0.827. The lowest BCUT2D eigenvalue weighted by Crippen LogP contribution is -2.46. The minimum absolute atomic E-state index is 0.113. The molecule has 0 unspecified atom stereocenters. The van der Waals surface area contributed by atoms with E-state index in [4.69, 9.17) is 9.15 Å². The summed E-state index contributed by atoms with van der Waals surface area (Å²) in [6, 6.07) is 10.6. The van der Waals surface area contributed by atoms with Gasteiger partial charge in [-0.25, -0.2) is 9.59 Å². The predicted octanol–water partition coefficient (Wildman–Crippen LogP) is 3.37. The molecule has 29 heavy (non-hydrogen) atoms. The Hall–Kier alpha value is -3.00. The number of carbonyl (C=O) groups excluding carboxylic acids is 2. The van der Waals surface area contributed by atoms with E-state index in [1.165, 1.54) is 0 Å². The molecular formula is C21H26N4O4. The van der Waals surface area contributed by atoms with E-state index in [1.807, 2.05) is 43.3 Å².